The van der Waals surface area contributed by atoms with E-state index in [0.29, 0.717) is 12.0 Å². The maximum absolute atomic E-state index is 2.73. The van der Waals surface area contributed by atoms with Gasteiger partial charge in [-0.2, -0.15) is 0 Å². The molecule has 0 bridgehead atoms. The SMILES string of the molecule is C1=CC2c3cccc4c5ccccc5n(c34)C2C2=C1B1c3ccc4c5cccc6c7ccccc7n(c4c3[Se]c3cccc(c31)[Se]2)c65. The summed E-state index contributed by atoms with van der Waals surface area (Å²) in [4.78, 5) is 0. The summed E-state index contributed by atoms with van der Waals surface area (Å²) >= 11 is 0.498. The van der Waals surface area contributed by atoms with Crippen molar-refractivity contribution in [2.75, 3.05) is 0 Å². The van der Waals surface area contributed by atoms with Crippen LogP contribution >= 0.6 is 0 Å². The van der Waals surface area contributed by atoms with Gasteiger partial charge in [0.1, 0.15) is 0 Å². The molecule has 0 saturated heterocycles. The second kappa shape index (κ2) is 8.31. The number of hydrogen-bond donors (Lipinski definition) is 0. The van der Waals surface area contributed by atoms with Crippen molar-refractivity contribution in [2.45, 2.75) is 12.0 Å². The van der Waals surface area contributed by atoms with Crippen molar-refractivity contribution in [1.29, 1.82) is 0 Å². The molecule has 13 rings (SSSR count). The van der Waals surface area contributed by atoms with Crippen molar-refractivity contribution >= 4 is 121 Å². The fourth-order valence-electron chi connectivity index (χ4n) is 9.80. The molecule has 9 aromatic rings. The van der Waals surface area contributed by atoms with Gasteiger partial charge in [-0.3, -0.25) is 0 Å². The Morgan fingerprint density at radius 2 is 1.21 bits per heavy atom. The third kappa shape index (κ3) is 2.75. The number of hydrogen-bond acceptors (Lipinski definition) is 0. The molecule has 0 spiro atoms. The van der Waals surface area contributed by atoms with Crippen LogP contribution in [0.5, 0.6) is 0 Å². The summed E-state index contributed by atoms with van der Waals surface area (Å²) in [6.07, 6.45) is 5.12. The molecule has 3 aromatic heterocycles. The number of fused-ring (bicyclic) bond motifs is 17. The van der Waals surface area contributed by atoms with Crippen LogP contribution < -0.4 is 24.3 Å². The van der Waals surface area contributed by atoms with Gasteiger partial charge in [-0.25, -0.2) is 0 Å². The molecule has 6 heterocycles. The van der Waals surface area contributed by atoms with Crippen LogP contribution in [0.2, 0.25) is 0 Å². The minimum atomic E-state index is 0.226. The first-order valence-electron chi connectivity index (χ1n) is 16.5. The third-order valence-corrected chi connectivity index (χ3v) is 16.7. The van der Waals surface area contributed by atoms with Gasteiger partial charge in [0.15, 0.2) is 0 Å². The van der Waals surface area contributed by atoms with E-state index in [4.69, 9.17) is 0 Å². The Hall–Kier alpha value is -4.50. The standard InChI is InChI=1S/C42H23BN2Se2/c1-3-14-32-22(8-1)24-10-5-12-26-28-18-20-30-41(39(28)44(32)37(24)26)46-34-16-7-17-35-36(34)43(30)31-21-19-29-27-13-6-11-25-23-9-2-4-15-33(23)45(38(25)27)40(29)42(31)47-35/h1-21,28,39H. The molecule has 2 nitrogen and oxygen atoms in total. The van der Waals surface area contributed by atoms with Crippen LogP contribution in [0.4, 0.5) is 0 Å². The van der Waals surface area contributed by atoms with Gasteiger partial charge in [-0.05, 0) is 0 Å². The predicted octanol–water partition coefficient (Wildman–Crippen LogP) is 5.57. The second-order valence-electron chi connectivity index (χ2n) is 13.5. The molecule has 3 aliphatic heterocycles. The first-order chi connectivity index (χ1) is 23.3. The minimum absolute atomic E-state index is 0.226. The summed E-state index contributed by atoms with van der Waals surface area (Å²) in [5, 5.41) is 8.30. The van der Waals surface area contributed by atoms with Crippen LogP contribution in [-0.2, 0) is 0 Å². The molecule has 0 fully saturated rings. The van der Waals surface area contributed by atoms with Crippen molar-refractivity contribution in [1.82, 2.24) is 8.97 Å². The average Bonchev–Trinajstić information content (AvgIpc) is 3.85. The molecule has 0 N–H and O–H groups in total. The van der Waals surface area contributed by atoms with Crippen molar-refractivity contribution < 1.29 is 0 Å². The molecule has 1 aliphatic carbocycles. The van der Waals surface area contributed by atoms with E-state index in [1.54, 1.807) is 28.8 Å². The second-order valence-corrected chi connectivity index (χ2v) is 18.0. The molecule has 0 amide bonds. The van der Waals surface area contributed by atoms with Crippen molar-refractivity contribution in [3.63, 3.8) is 0 Å². The van der Waals surface area contributed by atoms with E-state index in [-0.39, 0.29) is 36.6 Å². The number of rotatable bonds is 0. The zero-order chi connectivity index (χ0) is 30.1. The van der Waals surface area contributed by atoms with Crippen LogP contribution in [0.1, 0.15) is 17.5 Å². The number of para-hydroxylation sites is 4. The normalized spacial score (nSPS) is 19.1. The van der Waals surface area contributed by atoms with Crippen LogP contribution in [0.3, 0.4) is 0 Å². The molecule has 4 aliphatic rings. The first-order valence-corrected chi connectivity index (χ1v) is 19.9. The summed E-state index contributed by atoms with van der Waals surface area (Å²) in [6.45, 7) is 0.280. The summed E-state index contributed by atoms with van der Waals surface area (Å²) in [5.41, 5.74) is 13.2. The summed E-state index contributed by atoms with van der Waals surface area (Å²) < 4.78 is 11.8. The van der Waals surface area contributed by atoms with Gasteiger partial charge in [-0.15, -0.1) is 0 Å². The van der Waals surface area contributed by atoms with Gasteiger partial charge < -0.3 is 0 Å². The topological polar surface area (TPSA) is 9.34 Å². The molecule has 2 atom stereocenters. The fraction of sp³-hybridized carbons (Fsp3) is 0.0476. The molecule has 5 heteroatoms. The van der Waals surface area contributed by atoms with Crippen LogP contribution in [0.25, 0.3) is 59.9 Å². The average molecular weight is 724 g/mol. The number of allylic oxidation sites excluding steroid dienone is 4. The van der Waals surface area contributed by atoms with E-state index < -0.39 is 0 Å². The monoisotopic (exact) mass is 726 g/mol. The Bertz CT molecular complexity index is 3000. The van der Waals surface area contributed by atoms with E-state index in [1.807, 2.05) is 0 Å². The molecule has 2 unspecified atom stereocenters. The molecule has 216 valence electrons. The summed E-state index contributed by atoms with van der Waals surface area (Å²) in [5.74, 6) is 0.394. The van der Waals surface area contributed by atoms with Crippen LogP contribution in [0, 0.1) is 0 Å². The van der Waals surface area contributed by atoms with Gasteiger partial charge >= 0.3 is 285 Å². The Balaban J connectivity index is 1.13. The molecule has 47 heavy (non-hydrogen) atoms. The number of benzene rings is 6. The van der Waals surface area contributed by atoms with Crippen molar-refractivity contribution in [2.24, 2.45) is 0 Å². The Morgan fingerprint density at radius 1 is 0.553 bits per heavy atom. The van der Waals surface area contributed by atoms with E-state index in [2.05, 4.69) is 136 Å². The van der Waals surface area contributed by atoms with Gasteiger partial charge in [0, 0.05) is 0 Å². The fourth-order valence-corrected chi connectivity index (χ4v) is 15.8. The van der Waals surface area contributed by atoms with Crippen molar-refractivity contribution in [3.05, 3.63) is 143 Å². The van der Waals surface area contributed by atoms with E-state index in [0.717, 1.165) is 0 Å². The first kappa shape index (κ1) is 24.6. The molecule has 0 radical (unpaired) electrons. The van der Waals surface area contributed by atoms with E-state index in [1.165, 1.54) is 70.9 Å². The number of aromatic nitrogens is 2. The van der Waals surface area contributed by atoms with Crippen molar-refractivity contribution in [3.8, 4) is 0 Å². The zero-order valence-corrected chi connectivity index (χ0v) is 28.5. The molecular formula is C42H23BN2Se2. The molecule has 0 saturated carbocycles. The summed E-state index contributed by atoms with van der Waals surface area (Å²) in [6, 6.07) is 44.6. The van der Waals surface area contributed by atoms with Gasteiger partial charge in [0.05, 0.1) is 0 Å². The van der Waals surface area contributed by atoms with Gasteiger partial charge in [-0.1, -0.05) is 0 Å². The quantitative estimate of drug-likeness (QED) is 0.181. The van der Waals surface area contributed by atoms with E-state index in [9.17, 15) is 0 Å². The Kier molecular flexibility index (Phi) is 4.36. The number of nitrogens with zero attached hydrogens (tertiary/aromatic N) is 2. The van der Waals surface area contributed by atoms with Crippen LogP contribution in [-0.4, -0.2) is 45.6 Å². The Morgan fingerprint density at radius 3 is 2.09 bits per heavy atom. The van der Waals surface area contributed by atoms with Gasteiger partial charge in [0.25, 0.3) is 0 Å². The zero-order valence-electron chi connectivity index (χ0n) is 25.1. The molecule has 6 aromatic carbocycles. The van der Waals surface area contributed by atoms with Crippen LogP contribution in [0.15, 0.2) is 137 Å². The van der Waals surface area contributed by atoms with E-state index >= 15 is 0 Å². The molecular weight excluding hydrogens is 701 g/mol. The summed E-state index contributed by atoms with van der Waals surface area (Å²) in [7, 11) is 0. The Labute approximate surface area is 283 Å². The predicted molar refractivity (Wildman–Crippen MR) is 200 cm³/mol. The van der Waals surface area contributed by atoms with Gasteiger partial charge in [0.2, 0.25) is 0 Å². The maximum atomic E-state index is 2.73. The third-order valence-electron chi connectivity index (χ3n) is 11.5.